The van der Waals surface area contributed by atoms with Gasteiger partial charge in [-0.25, -0.2) is 8.78 Å². The summed E-state index contributed by atoms with van der Waals surface area (Å²) in [5, 5.41) is 0. The minimum absolute atomic E-state index is 0.0647. The van der Waals surface area contributed by atoms with E-state index in [1.807, 2.05) is 17.0 Å². The lowest BCUT2D eigenvalue weighted by molar-refractivity contribution is 0.0632. The topological polar surface area (TPSA) is 49.9 Å². The molecule has 2 amide bonds. The quantitative estimate of drug-likeness (QED) is 0.684. The fourth-order valence-electron chi connectivity index (χ4n) is 4.38. The van der Waals surface area contributed by atoms with Crippen molar-refractivity contribution in [2.24, 2.45) is 5.92 Å². The van der Waals surface area contributed by atoms with Crippen LogP contribution in [0.1, 0.15) is 52.8 Å². The number of halogens is 2. The van der Waals surface area contributed by atoms with Gasteiger partial charge >= 0.3 is 0 Å². The van der Waals surface area contributed by atoms with Crippen LogP contribution in [0, 0.1) is 17.6 Å². The molecule has 2 aromatic rings. The minimum atomic E-state index is -1.02. The molecular formula is C25H28F2N2O3. The molecule has 2 aliphatic rings. The summed E-state index contributed by atoms with van der Waals surface area (Å²) in [5.41, 5.74) is 0.819. The molecule has 0 aromatic heterocycles. The second-order valence-corrected chi connectivity index (χ2v) is 8.58. The molecule has 4 rings (SSSR count). The Labute approximate surface area is 187 Å². The number of nitrogens with zero attached hydrogens (tertiary/aromatic N) is 2. The Bertz CT molecular complexity index is 958. The van der Waals surface area contributed by atoms with E-state index >= 15 is 0 Å². The van der Waals surface area contributed by atoms with Gasteiger partial charge in [-0.3, -0.25) is 9.59 Å². The SMILES string of the molecule is O=C(c1ccc(OC[C@H]2CCCN(C(=O)c3ccc(F)c(F)c3)C2)cc1)N1CCCCC1. The molecule has 2 aromatic carbocycles. The van der Waals surface area contributed by atoms with Gasteiger partial charge in [0.2, 0.25) is 0 Å². The highest BCUT2D eigenvalue weighted by Crippen LogP contribution is 2.22. The van der Waals surface area contributed by atoms with Crippen LogP contribution < -0.4 is 4.74 Å². The van der Waals surface area contributed by atoms with Gasteiger partial charge in [0.15, 0.2) is 11.6 Å². The van der Waals surface area contributed by atoms with Crippen LogP contribution in [0.15, 0.2) is 42.5 Å². The second-order valence-electron chi connectivity index (χ2n) is 8.58. The van der Waals surface area contributed by atoms with Gasteiger partial charge in [-0.15, -0.1) is 0 Å². The molecule has 170 valence electrons. The van der Waals surface area contributed by atoms with E-state index in [0.29, 0.717) is 31.0 Å². The van der Waals surface area contributed by atoms with Crippen LogP contribution in [-0.4, -0.2) is 54.4 Å². The summed E-state index contributed by atoms with van der Waals surface area (Å²) in [6, 6.07) is 10.5. The van der Waals surface area contributed by atoms with Crippen molar-refractivity contribution >= 4 is 11.8 Å². The molecule has 2 heterocycles. The van der Waals surface area contributed by atoms with Crippen LogP contribution in [0.25, 0.3) is 0 Å². The molecule has 2 fully saturated rings. The molecule has 0 bridgehead atoms. The van der Waals surface area contributed by atoms with Crippen molar-refractivity contribution in [3.05, 3.63) is 65.2 Å². The van der Waals surface area contributed by atoms with E-state index in [1.54, 1.807) is 17.0 Å². The summed E-state index contributed by atoms with van der Waals surface area (Å²) in [7, 11) is 0. The Morgan fingerprint density at radius 1 is 0.812 bits per heavy atom. The van der Waals surface area contributed by atoms with Gasteiger partial charge in [-0.05, 0) is 74.6 Å². The Morgan fingerprint density at radius 2 is 1.47 bits per heavy atom. The highest BCUT2D eigenvalue weighted by molar-refractivity contribution is 5.94. The lowest BCUT2D eigenvalue weighted by atomic mass is 9.98. The molecule has 0 saturated carbocycles. The Balaban J connectivity index is 1.30. The summed E-state index contributed by atoms with van der Waals surface area (Å²) < 4.78 is 32.6. The number of carbonyl (C=O) groups excluding carboxylic acids is 2. The zero-order valence-corrected chi connectivity index (χ0v) is 18.1. The van der Waals surface area contributed by atoms with E-state index in [0.717, 1.165) is 50.9 Å². The van der Waals surface area contributed by atoms with Gasteiger partial charge in [0.05, 0.1) is 6.61 Å². The summed E-state index contributed by atoms with van der Waals surface area (Å²) in [6.45, 7) is 3.17. The zero-order chi connectivity index (χ0) is 22.5. The summed E-state index contributed by atoms with van der Waals surface area (Å²) in [4.78, 5) is 28.8. The van der Waals surface area contributed by atoms with Crippen LogP contribution in [0.3, 0.4) is 0 Å². The zero-order valence-electron chi connectivity index (χ0n) is 18.1. The molecule has 2 saturated heterocycles. The standard InChI is InChI=1S/C25H28F2N2O3/c26-22-11-8-20(15-23(22)27)25(31)29-14-4-5-18(16-29)17-32-21-9-6-19(7-10-21)24(30)28-12-2-1-3-13-28/h6-11,15,18H,1-5,12-14,16-17H2/t18-/m0/s1. The van der Waals surface area contributed by atoms with Crippen molar-refractivity contribution in [1.82, 2.24) is 9.80 Å². The second kappa shape index (κ2) is 10.1. The molecule has 2 aliphatic heterocycles. The summed E-state index contributed by atoms with van der Waals surface area (Å²) in [5.74, 6) is -1.38. The normalized spacial score (nSPS) is 19.0. The van der Waals surface area contributed by atoms with E-state index in [2.05, 4.69) is 0 Å². The molecule has 0 unspecified atom stereocenters. The number of piperidine rings is 2. The van der Waals surface area contributed by atoms with Crippen molar-refractivity contribution in [2.45, 2.75) is 32.1 Å². The van der Waals surface area contributed by atoms with Crippen LogP contribution >= 0.6 is 0 Å². The fraction of sp³-hybridized carbons (Fsp3) is 0.440. The Hall–Kier alpha value is -2.96. The maximum absolute atomic E-state index is 13.5. The maximum atomic E-state index is 13.5. The van der Waals surface area contributed by atoms with Crippen molar-refractivity contribution in [3.8, 4) is 5.75 Å². The minimum Gasteiger partial charge on any atom is -0.493 e. The molecule has 32 heavy (non-hydrogen) atoms. The number of amides is 2. The highest BCUT2D eigenvalue weighted by atomic mass is 19.2. The van der Waals surface area contributed by atoms with Crippen LogP contribution in [0.2, 0.25) is 0 Å². The van der Waals surface area contributed by atoms with Gasteiger partial charge in [0.1, 0.15) is 5.75 Å². The third-order valence-corrected chi connectivity index (χ3v) is 6.20. The number of ether oxygens (including phenoxy) is 1. The number of hydrogen-bond donors (Lipinski definition) is 0. The summed E-state index contributed by atoms with van der Waals surface area (Å²) >= 11 is 0. The largest absolute Gasteiger partial charge is 0.493 e. The third-order valence-electron chi connectivity index (χ3n) is 6.20. The van der Waals surface area contributed by atoms with E-state index in [1.165, 1.54) is 12.5 Å². The highest BCUT2D eigenvalue weighted by Gasteiger charge is 2.26. The van der Waals surface area contributed by atoms with Crippen LogP contribution in [0.5, 0.6) is 5.75 Å². The monoisotopic (exact) mass is 442 g/mol. The molecular weight excluding hydrogens is 414 g/mol. The number of rotatable bonds is 5. The van der Waals surface area contributed by atoms with Gasteiger partial charge in [-0.2, -0.15) is 0 Å². The van der Waals surface area contributed by atoms with Gasteiger partial charge in [0, 0.05) is 43.2 Å². The molecule has 7 heteroatoms. The fourth-order valence-corrected chi connectivity index (χ4v) is 4.38. The van der Waals surface area contributed by atoms with E-state index in [4.69, 9.17) is 4.74 Å². The van der Waals surface area contributed by atoms with Crippen LogP contribution in [-0.2, 0) is 0 Å². The summed E-state index contributed by atoms with van der Waals surface area (Å²) in [6.07, 6.45) is 5.05. The smallest absolute Gasteiger partial charge is 0.253 e. The Kier molecular flexibility index (Phi) is 7.02. The molecule has 0 spiro atoms. The number of hydrogen-bond acceptors (Lipinski definition) is 3. The first-order valence-corrected chi connectivity index (χ1v) is 11.3. The molecule has 0 aliphatic carbocycles. The van der Waals surface area contributed by atoms with Crippen molar-refractivity contribution in [1.29, 1.82) is 0 Å². The number of likely N-dealkylation sites (tertiary alicyclic amines) is 2. The van der Waals surface area contributed by atoms with E-state index in [-0.39, 0.29) is 23.3 Å². The first-order chi connectivity index (χ1) is 15.5. The number of carbonyl (C=O) groups is 2. The Morgan fingerprint density at radius 3 is 2.19 bits per heavy atom. The first kappa shape index (κ1) is 22.2. The van der Waals surface area contributed by atoms with Gasteiger partial charge in [0.25, 0.3) is 11.8 Å². The third kappa shape index (κ3) is 5.26. The maximum Gasteiger partial charge on any atom is 0.253 e. The van der Waals surface area contributed by atoms with E-state index < -0.39 is 11.6 Å². The average molecular weight is 443 g/mol. The molecule has 1 atom stereocenters. The van der Waals surface area contributed by atoms with Crippen molar-refractivity contribution < 1.29 is 23.1 Å². The molecule has 0 N–H and O–H groups in total. The van der Waals surface area contributed by atoms with Crippen molar-refractivity contribution in [2.75, 3.05) is 32.8 Å². The lowest BCUT2D eigenvalue weighted by Gasteiger charge is -2.32. The van der Waals surface area contributed by atoms with Gasteiger partial charge in [-0.1, -0.05) is 0 Å². The van der Waals surface area contributed by atoms with Crippen molar-refractivity contribution in [3.63, 3.8) is 0 Å². The average Bonchev–Trinajstić information content (AvgIpc) is 2.84. The molecule has 0 radical (unpaired) electrons. The van der Waals surface area contributed by atoms with Crippen LogP contribution in [0.4, 0.5) is 8.78 Å². The van der Waals surface area contributed by atoms with Gasteiger partial charge < -0.3 is 14.5 Å². The first-order valence-electron chi connectivity index (χ1n) is 11.3. The van der Waals surface area contributed by atoms with E-state index in [9.17, 15) is 18.4 Å². The predicted octanol–water partition coefficient (Wildman–Crippen LogP) is 4.52. The number of benzene rings is 2. The molecule has 5 nitrogen and oxygen atoms in total. The lowest BCUT2D eigenvalue weighted by Crippen LogP contribution is -2.41. The predicted molar refractivity (Wildman–Crippen MR) is 117 cm³/mol.